The fourth-order valence-corrected chi connectivity index (χ4v) is 3.39. The van der Waals surface area contributed by atoms with Crippen LogP contribution in [0.3, 0.4) is 0 Å². The number of phenolic OH excluding ortho intramolecular Hbond substituents is 1. The summed E-state index contributed by atoms with van der Waals surface area (Å²) in [6.07, 6.45) is 1.43. The number of amides is 1. The van der Waals surface area contributed by atoms with E-state index in [1.54, 1.807) is 17.0 Å². The summed E-state index contributed by atoms with van der Waals surface area (Å²) in [5, 5.41) is 21.3. The van der Waals surface area contributed by atoms with Crippen LogP contribution in [0.4, 0.5) is 0 Å². The van der Waals surface area contributed by atoms with Gasteiger partial charge in [-0.2, -0.15) is 0 Å². The molecule has 1 amide bonds. The van der Waals surface area contributed by atoms with E-state index in [1.165, 1.54) is 22.6 Å². The molecule has 27 heavy (non-hydrogen) atoms. The van der Waals surface area contributed by atoms with Gasteiger partial charge in [-0.3, -0.25) is 9.69 Å². The van der Waals surface area contributed by atoms with E-state index in [2.05, 4.69) is 39.6 Å². The van der Waals surface area contributed by atoms with E-state index in [4.69, 9.17) is 0 Å². The number of aromatic hydroxyl groups is 1. The van der Waals surface area contributed by atoms with Crippen LogP contribution in [0.25, 0.3) is 5.69 Å². The molecule has 1 atom stereocenters. The summed E-state index contributed by atoms with van der Waals surface area (Å²) in [4.78, 5) is 17.0. The van der Waals surface area contributed by atoms with Crippen molar-refractivity contribution in [2.75, 3.05) is 26.7 Å². The molecule has 8 nitrogen and oxygen atoms in total. The SMILES string of the molecule is CN1CCN(C(=O)c2ccc(-n3cnnn3)cc2O)C[C@@H]1c1ccccc1. The molecule has 1 aliphatic rings. The van der Waals surface area contributed by atoms with Gasteiger partial charge >= 0.3 is 0 Å². The Labute approximate surface area is 156 Å². The van der Waals surface area contributed by atoms with E-state index in [-0.39, 0.29) is 23.3 Å². The van der Waals surface area contributed by atoms with Crippen LogP contribution in [0.1, 0.15) is 22.0 Å². The summed E-state index contributed by atoms with van der Waals surface area (Å²) >= 11 is 0. The highest BCUT2D eigenvalue weighted by atomic mass is 16.3. The van der Waals surface area contributed by atoms with Crippen LogP contribution in [0.15, 0.2) is 54.9 Å². The molecule has 1 aliphatic heterocycles. The molecule has 2 heterocycles. The molecule has 1 aromatic heterocycles. The molecular formula is C19H20N6O2. The van der Waals surface area contributed by atoms with Gasteiger partial charge in [0.2, 0.25) is 0 Å². The lowest BCUT2D eigenvalue weighted by molar-refractivity contribution is 0.0543. The smallest absolute Gasteiger partial charge is 0.257 e. The summed E-state index contributed by atoms with van der Waals surface area (Å²) < 4.78 is 1.43. The van der Waals surface area contributed by atoms with E-state index in [0.29, 0.717) is 18.8 Å². The minimum atomic E-state index is -0.176. The summed E-state index contributed by atoms with van der Waals surface area (Å²) in [6.45, 7) is 1.97. The molecule has 0 radical (unpaired) electrons. The minimum absolute atomic E-state index is 0.0804. The van der Waals surface area contributed by atoms with Gasteiger partial charge in [-0.15, -0.1) is 5.10 Å². The average Bonchev–Trinajstić information content (AvgIpc) is 3.23. The van der Waals surface area contributed by atoms with Gasteiger partial charge in [-0.25, -0.2) is 4.68 Å². The Kier molecular flexibility index (Phi) is 4.55. The van der Waals surface area contributed by atoms with Crippen LogP contribution < -0.4 is 0 Å². The van der Waals surface area contributed by atoms with Crippen molar-refractivity contribution in [3.63, 3.8) is 0 Å². The molecule has 0 spiro atoms. The Hall–Kier alpha value is -3.26. The molecule has 1 fully saturated rings. The summed E-state index contributed by atoms with van der Waals surface area (Å²) in [5.41, 5.74) is 2.05. The normalized spacial score (nSPS) is 17.8. The van der Waals surface area contributed by atoms with Gasteiger partial charge in [0.05, 0.1) is 17.3 Å². The molecule has 0 unspecified atom stereocenters. The second-order valence-corrected chi connectivity index (χ2v) is 6.61. The number of aromatic nitrogens is 4. The molecule has 138 valence electrons. The molecule has 1 saturated heterocycles. The first-order valence-corrected chi connectivity index (χ1v) is 8.74. The summed E-state index contributed by atoms with van der Waals surface area (Å²) in [7, 11) is 2.07. The van der Waals surface area contributed by atoms with E-state index in [0.717, 1.165) is 6.54 Å². The Morgan fingerprint density at radius 3 is 2.67 bits per heavy atom. The molecule has 0 bridgehead atoms. The average molecular weight is 364 g/mol. The predicted molar refractivity (Wildman–Crippen MR) is 98.5 cm³/mol. The van der Waals surface area contributed by atoms with Crippen molar-refractivity contribution in [3.05, 3.63) is 66.0 Å². The van der Waals surface area contributed by atoms with E-state index >= 15 is 0 Å². The lowest BCUT2D eigenvalue weighted by Gasteiger charge is -2.39. The van der Waals surface area contributed by atoms with Crippen LogP contribution in [-0.4, -0.2) is 67.7 Å². The number of tetrazole rings is 1. The van der Waals surface area contributed by atoms with Crippen molar-refractivity contribution >= 4 is 5.91 Å². The predicted octanol–water partition coefficient (Wildman–Crippen LogP) is 1.50. The van der Waals surface area contributed by atoms with Crippen LogP contribution in [0.2, 0.25) is 0 Å². The summed E-state index contributed by atoms with van der Waals surface area (Å²) in [6, 6.07) is 15.1. The third-order valence-corrected chi connectivity index (χ3v) is 4.94. The molecule has 1 N–H and O–H groups in total. The molecular weight excluding hydrogens is 344 g/mol. The monoisotopic (exact) mass is 364 g/mol. The second kappa shape index (κ2) is 7.16. The highest BCUT2D eigenvalue weighted by Gasteiger charge is 2.29. The van der Waals surface area contributed by atoms with Crippen molar-refractivity contribution in [2.45, 2.75) is 6.04 Å². The number of carbonyl (C=O) groups excluding carboxylic acids is 1. The first-order chi connectivity index (χ1) is 13.1. The van der Waals surface area contributed by atoms with E-state index in [1.807, 2.05) is 18.2 Å². The van der Waals surface area contributed by atoms with Gasteiger partial charge in [0.15, 0.2) is 0 Å². The molecule has 0 saturated carbocycles. The van der Waals surface area contributed by atoms with E-state index in [9.17, 15) is 9.90 Å². The van der Waals surface area contributed by atoms with Gasteiger partial charge < -0.3 is 10.0 Å². The Morgan fingerprint density at radius 2 is 1.96 bits per heavy atom. The first kappa shape index (κ1) is 17.2. The van der Waals surface area contributed by atoms with Gasteiger partial charge in [0.1, 0.15) is 12.1 Å². The largest absolute Gasteiger partial charge is 0.507 e. The fourth-order valence-electron chi connectivity index (χ4n) is 3.39. The maximum absolute atomic E-state index is 13.0. The number of hydrogen-bond acceptors (Lipinski definition) is 6. The van der Waals surface area contributed by atoms with E-state index < -0.39 is 0 Å². The topological polar surface area (TPSA) is 87.4 Å². The van der Waals surface area contributed by atoms with Gasteiger partial charge in [-0.05, 0) is 35.2 Å². The van der Waals surface area contributed by atoms with Crippen molar-refractivity contribution < 1.29 is 9.90 Å². The number of likely N-dealkylation sites (N-methyl/N-ethyl adjacent to an activating group) is 1. The first-order valence-electron chi connectivity index (χ1n) is 8.74. The third-order valence-electron chi connectivity index (χ3n) is 4.94. The Balaban J connectivity index is 1.56. The van der Waals surface area contributed by atoms with Gasteiger partial charge in [0.25, 0.3) is 5.91 Å². The fraction of sp³-hybridized carbons (Fsp3) is 0.263. The van der Waals surface area contributed by atoms with Crippen molar-refractivity contribution in [3.8, 4) is 11.4 Å². The molecule has 0 aliphatic carbocycles. The highest BCUT2D eigenvalue weighted by molar-refractivity contribution is 5.97. The number of phenols is 1. The molecule has 3 aromatic rings. The third kappa shape index (κ3) is 3.39. The number of benzene rings is 2. The maximum atomic E-state index is 13.0. The number of carbonyl (C=O) groups is 1. The number of piperazine rings is 1. The quantitative estimate of drug-likeness (QED) is 0.758. The highest BCUT2D eigenvalue weighted by Crippen LogP contribution is 2.27. The van der Waals surface area contributed by atoms with Gasteiger partial charge in [0, 0.05) is 25.7 Å². The Morgan fingerprint density at radius 1 is 1.15 bits per heavy atom. The zero-order chi connectivity index (χ0) is 18.8. The van der Waals surface area contributed by atoms with Crippen LogP contribution in [-0.2, 0) is 0 Å². The minimum Gasteiger partial charge on any atom is -0.507 e. The molecule has 2 aromatic carbocycles. The van der Waals surface area contributed by atoms with Crippen molar-refractivity contribution in [1.29, 1.82) is 0 Å². The maximum Gasteiger partial charge on any atom is 0.257 e. The second-order valence-electron chi connectivity index (χ2n) is 6.61. The molecule has 4 rings (SSSR count). The number of hydrogen-bond donors (Lipinski definition) is 1. The summed E-state index contributed by atoms with van der Waals surface area (Å²) in [5.74, 6) is -0.256. The number of nitrogens with zero attached hydrogens (tertiary/aromatic N) is 6. The standard InChI is InChI=1S/C19H20N6O2/c1-23-9-10-24(12-17(23)14-5-3-2-4-6-14)19(27)16-8-7-15(11-18(16)26)25-13-20-21-22-25/h2-8,11,13,17,26H,9-10,12H2,1H3/t17-/m1/s1. The lowest BCUT2D eigenvalue weighted by atomic mass is 10.0. The number of rotatable bonds is 3. The van der Waals surface area contributed by atoms with Crippen LogP contribution in [0.5, 0.6) is 5.75 Å². The van der Waals surface area contributed by atoms with Gasteiger partial charge in [-0.1, -0.05) is 30.3 Å². The van der Waals surface area contributed by atoms with Crippen molar-refractivity contribution in [1.82, 2.24) is 30.0 Å². The zero-order valence-electron chi connectivity index (χ0n) is 14.9. The Bertz CT molecular complexity index is 929. The van der Waals surface area contributed by atoms with Crippen LogP contribution >= 0.6 is 0 Å². The zero-order valence-corrected chi connectivity index (χ0v) is 14.9. The van der Waals surface area contributed by atoms with Crippen molar-refractivity contribution in [2.24, 2.45) is 0 Å². The van der Waals surface area contributed by atoms with Crippen LogP contribution in [0, 0.1) is 0 Å². The molecule has 8 heteroatoms. The lowest BCUT2D eigenvalue weighted by Crippen LogP contribution is -2.49.